The Morgan fingerprint density at radius 1 is 1.38 bits per heavy atom. The summed E-state index contributed by atoms with van der Waals surface area (Å²) in [6.45, 7) is 1.49. The Labute approximate surface area is 153 Å². The van der Waals surface area contributed by atoms with Gasteiger partial charge in [0.25, 0.3) is 0 Å². The van der Waals surface area contributed by atoms with E-state index in [-0.39, 0.29) is 10.6 Å². The van der Waals surface area contributed by atoms with Gasteiger partial charge in [-0.1, -0.05) is 23.7 Å². The average molecular weight is 386 g/mol. The molecule has 5 atom stereocenters. The Hall–Kier alpha value is -2.04. The van der Waals surface area contributed by atoms with Crippen LogP contribution < -0.4 is 11.1 Å². The van der Waals surface area contributed by atoms with Crippen LogP contribution in [0, 0.1) is 0 Å². The first-order chi connectivity index (χ1) is 12.2. The summed E-state index contributed by atoms with van der Waals surface area (Å²) in [6, 6.07) is 4.92. The molecule has 8 nitrogen and oxygen atoms in total. The number of carbonyl (C=O) groups is 2. The minimum atomic E-state index is -2.45. The number of Topliss-reactive ketones (excluding diaryl/α,β-unsaturated/α-hetero) is 1. The first kappa shape index (κ1) is 18.7. The number of benzene rings is 1. The van der Waals surface area contributed by atoms with E-state index in [1.54, 1.807) is 6.07 Å². The molecule has 0 aromatic heterocycles. The molecule has 5 N–H and O–H groups in total. The average Bonchev–Trinajstić information content (AvgIpc) is 2.85. The lowest BCUT2D eigenvalue weighted by Crippen LogP contribution is -2.68. The fourth-order valence-corrected chi connectivity index (χ4v) is 3.07. The number of nitrogens with zero attached hydrogens (tertiary/aromatic N) is 1. The van der Waals surface area contributed by atoms with Gasteiger partial charge in [-0.3, -0.25) is 15.4 Å². The number of urea groups is 1. The number of hydrogen-bond acceptors (Lipinski definition) is 6. The molecule has 0 saturated carbocycles. The quantitative estimate of drug-likeness (QED) is 0.561. The summed E-state index contributed by atoms with van der Waals surface area (Å²) in [6.07, 6.45) is -4.13. The molecule has 2 amide bonds. The number of hydrogen-bond donors (Lipinski definition) is 4. The minimum absolute atomic E-state index is 0.0540. The van der Waals surface area contributed by atoms with E-state index in [1.165, 1.54) is 25.1 Å². The number of nitrogens with one attached hydrogen (secondary N) is 1. The molecule has 1 saturated heterocycles. The van der Waals surface area contributed by atoms with Crippen LogP contribution in [-0.2, 0) is 4.74 Å². The van der Waals surface area contributed by atoms with Crippen LogP contribution in [0.5, 0.6) is 0 Å². The molecule has 10 heteroatoms. The van der Waals surface area contributed by atoms with Crippen molar-refractivity contribution >= 4 is 23.4 Å². The third-order valence-electron chi connectivity index (χ3n) is 4.40. The van der Waals surface area contributed by atoms with Crippen molar-refractivity contribution in [3.8, 4) is 0 Å². The molecule has 2 heterocycles. The van der Waals surface area contributed by atoms with Crippen molar-refractivity contribution in [3.63, 3.8) is 0 Å². The van der Waals surface area contributed by atoms with E-state index >= 15 is 0 Å². The second-order valence-corrected chi connectivity index (χ2v) is 6.55. The third kappa shape index (κ3) is 2.87. The fourth-order valence-electron chi connectivity index (χ4n) is 2.84. The summed E-state index contributed by atoms with van der Waals surface area (Å²) in [7, 11) is 0. The number of carbonyl (C=O) groups excluding carboxylic acids is 2. The van der Waals surface area contributed by atoms with Crippen LogP contribution >= 0.6 is 11.6 Å². The number of ether oxygens (including phenoxy) is 1. The highest BCUT2D eigenvalue weighted by atomic mass is 35.5. The number of aliphatic hydroxyl groups is 2. The Kier molecular flexibility index (Phi) is 4.76. The van der Waals surface area contributed by atoms with Gasteiger partial charge in [0.2, 0.25) is 11.4 Å². The third-order valence-corrected chi connectivity index (χ3v) is 4.73. The SMILES string of the molecule is C[C@H]1O[C@@H](N2C=C(F)C(N)(C(=O)c3ccccc3Cl)NC2=O)[C@H](O)[C@@H]1O. The number of amides is 2. The molecular weight excluding hydrogens is 369 g/mol. The maximum absolute atomic E-state index is 14.7. The molecule has 2 aliphatic rings. The molecule has 1 aromatic carbocycles. The molecule has 2 aliphatic heterocycles. The zero-order valence-electron chi connectivity index (χ0n) is 13.6. The van der Waals surface area contributed by atoms with Crippen LogP contribution in [0.3, 0.4) is 0 Å². The largest absolute Gasteiger partial charge is 0.388 e. The van der Waals surface area contributed by atoms with E-state index in [9.17, 15) is 24.2 Å². The van der Waals surface area contributed by atoms with Crippen molar-refractivity contribution in [2.75, 3.05) is 0 Å². The summed E-state index contributed by atoms with van der Waals surface area (Å²) in [5.41, 5.74) is 3.31. The highest BCUT2D eigenvalue weighted by Crippen LogP contribution is 2.31. The van der Waals surface area contributed by atoms with E-state index in [0.717, 1.165) is 0 Å². The zero-order chi connectivity index (χ0) is 19.2. The van der Waals surface area contributed by atoms with Crippen molar-refractivity contribution < 1.29 is 28.9 Å². The monoisotopic (exact) mass is 385 g/mol. The van der Waals surface area contributed by atoms with Gasteiger partial charge >= 0.3 is 6.03 Å². The lowest BCUT2D eigenvalue weighted by Gasteiger charge is -2.37. The van der Waals surface area contributed by atoms with Gasteiger partial charge < -0.3 is 20.3 Å². The Morgan fingerprint density at radius 2 is 2.04 bits per heavy atom. The van der Waals surface area contributed by atoms with E-state index in [1.807, 2.05) is 0 Å². The van der Waals surface area contributed by atoms with E-state index < -0.39 is 47.8 Å². The second kappa shape index (κ2) is 6.60. The Morgan fingerprint density at radius 3 is 2.62 bits per heavy atom. The van der Waals surface area contributed by atoms with Crippen LogP contribution in [-0.4, -0.2) is 57.1 Å². The molecule has 0 radical (unpaired) electrons. The molecule has 0 spiro atoms. The number of aliphatic hydroxyl groups excluding tert-OH is 2. The first-order valence-corrected chi connectivity index (χ1v) is 8.12. The topological polar surface area (TPSA) is 125 Å². The van der Waals surface area contributed by atoms with Crippen LogP contribution in [0.25, 0.3) is 0 Å². The van der Waals surface area contributed by atoms with E-state index in [2.05, 4.69) is 5.32 Å². The molecule has 26 heavy (non-hydrogen) atoms. The van der Waals surface area contributed by atoms with Crippen molar-refractivity contribution in [3.05, 3.63) is 46.9 Å². The molecule has 1 aromatic rings. The second-order valence-electron chi connectivity index (χ2n) is 6.14. The van der Waals surface area contributed by atoms with Gasteiger partial charge in [-0.2, -0.15) is 0 Å². The maximum Gasteiger partial charge on any atom is 0.325 e. The van der Waals surface area contributed by atoms with Crippen molar-refractivity contribution in [2.45, 2.75) is 37.1 Å². The molecular formula is C16H17ClFN3O5. The number of nitrogens with two attached hydrogens (primary N) is 1. The standard InChI is InChI=1S/C16H17ClFN3O5/c1-7-11(22)12(23)14(26-7)21-6-10(18)16(19,20-15(21)25)13(24)8-4-2-3-5-9(8)17/h2-7,11-12,14,22-23H,19H2,1H3,(H,20,25)/t7-,11-,12-,14-,16?/m1/s1. The number of halogens is 2. The van der Waals surface area contributed by atoms with E-state index in [4.69, 9.17) is 22.1 Å². The van der Waals surface area contributed by atoms with Gasteiger partial charge in [0.05, 0.1) is 11.1 Å². The van der Waals surface area contributed by atoms with Crippen LogP contribution in [0.4, 0.5) is 9.18 Å². The zero-order valence-corrected chi connectivity index (χ0v) is 14.4. The van der Waals surface area contributed by atoms with Gasteiger partial charge in [-0.25, -0.2) is 9.18 Å². The molecule has 0 bridgehead atoms. The van der Waals surface area contributed by atoms with Gasteiger partial charge in [0, 0.05) is 11.8 Å². The predicted octanol–water partition coefficient (Wildman–Crippen LogP) is 0.480. The molecule has 140 valence electrons. The lowest BCUT2D eigenvalue weighted by molar-refractivity contribution is -0.0525. The maximum atomic E-state index is 14.7. The molecule has 1 unspecified atom stereocenters. The van der Waals surface area contributed by atoms with Gasteiger partial charge in [-0.15, -0.1) is 0 Å². The Balaban J connectivity index is 1.93. The summed E-state index contributed by atoms with van der Waals surface area (Å²) in [4.78, 5) is 25.7. The highest BCUT2D eigenvalue weighted by Gasteiger charge is 2.51. The van der Waals surface area contributed by atoms with E-state index in [0.29, 0.717) is 11.1 Å². The smallest absolute Gasteiger partial charge is 0.325 e. The van der Waals surface area contributed by atoms with Crippen molar-refractivity contribution in [1.29, 1.82) is 0 Å². The number of ketones is 1. The first-order valence-electron chi connectivity index (χ1n) is 7.75. The molecule has 3 rings (SSSR count). The van der Waals surface area contributed by atoms with Crippen LogP contribution in [0.2, 0.25) is 5.02 Å². The summed E-state index contributed by atoms with van der Waals surface area (Å²) in [5, 5.41) is 21.9. The van der Waals surface area contributed by atoms with Gasteiger partial charge in [0.1, 0.15) is 12.2 Å². The van der Waals surface area contributed by atoms with Crippen LogP contribution in [0.15, 0.2) is 36.3 Å². The lowest BCUT2D eigenvalue weighted by atomic mass is 9.96. The molecule has 0 aliphatic carbocycles. The highest BCUT2D eigenvalue weighted by molar-refractivity contribution is 6.34. The summed E-state index contributed by atoms with van der Waals surface area (Å²) < 4.78 is 20.0. The van der Waals surface area contributed by atoms with Crippen LogP contribution in [0.1, 0.15) is 17.3 Å². The molecule has 1 fully saturated rings. The number of rotatable bonds is 3. The van der Waals surface area contributed by atoms with Crippen molar-refractivity contribution in [2.24, 2.45) is 5.73 Å². The normalized spacial score (nSPS) is 34.5. The van der Waals surface area contributed by atoms with Crippen molar-refractivity contribution in [1.82, 2.24) is 10.2 Å². The predicted molar refractivity (Wildman–Crippen MR) is 88.6 cm³/mol. The minimum Gasteiger partial charge on any atom is -0.388 e. The Bertz CT molecular complexity index is 791. The van der Waals surface area contributed by atoms with Gasteiger partial charge in [-0.05, 0) is 19.1 Å². The summed E-state index contributed by atoms with van der Waals surface area (Å²) >= 11 is 5.95. The van der Waals surface area contributed by atoms with Gasteiger partial charge in [0.15, 0.2) is 12.1 Å². The fraction of sp³-hybridized carbons (Fsp3) is 0.375. The summed E-state index contributed by atoms with van der Waals surface area (Å²) in [5.74, 6) is -2.11.